The van der Waals surface area contributed by atoms with Crippen LogP contribution in [-0.2, 0) is 0 Å². The third kappa shape index (κ3) is 2.55. The van der Waals surface area contributed by atoms with Gasteiger partial charge in [0.15, 0.2) is 0 Å². The highest BCUT2D eigenvalue weighted by Gasteiger charge is 2.26. The maximum Gasteiger partial charge on any atom is 0.267 e. The van der Waals surface area contributed by atoms with Crippen molar-refractivity contribution in [3.05, 3.63) is 23.9 Å². The Kier molecular flexibility index (Phi) is 3.28. The minimum atomic E-state index is -0.491. The molecule has 1 aromatic rings. The van der Waals surface area contributed by atoms with Crippen LogP contribution in [0.1, 0.15) is 23.8 Å². The first-order chi connectivity index (χ1) is 8.08. The van der Waals surface area contributed by atoms with Crippen molar-refractivity contribution in [1.82, 2.24) is 4.98 Å². The fourth-order valence-electron chi connectivity index (χ4n) is 2.16. The van der Waals surface area contributed by atoms with Gasteiger partial charge in [-0.15, -0.1) is 0 Å². The summed E-state index contributed by atoms with van der Waals surface area (Å²) in [5.41, 5.74) is 11.4. The number of carbonyl (C=O) groups is 1. The minimum absolute atomic E-state index is 0.194. The number of primary amides is 1. The summed E-state index contributed by atoms with van der Waals surface area (Å²) in [5.74, 6) is 0.813. The van der Waals surface area contributed by atoms with E-state index in [4.69, 9.17) is 11.5 Å². The second-order valence-electron chi connectivity index (χ2n) is 4.60. The van der Waals surface area contributed by atoms with E-state index < -0.39 is 5.91 Å². The number of pyridine rings is 1. The molecule has 0 spiro atoms. The number of hydrogen-bond donors (Lipinski definition) is 2. The molecule has 2 unspecified atom stereocenters. The average molecular weight is 234 g/mol. The molecule has 2 heterocycles. The van der Waals surface area contributed by atoms with E-state index in [9.17, 15) is 4.79 Å². The summed E-state index contributed by atoms with van der Waals surface area (Å²) < 4.78 is 0. The zero-order chi connectivity index (χ0) is 12.4. The van der Waals surface area contributed by atoms with Crippen LogP contribution >= 0.6 is 0 Å². The molecule has 2 rings (SSSR count). The third-order valence-electron chi connectivity index (χ3n) is 3.28. The minimum Gasteiger partial charge on any atom is -0.364 e. The number of hydrogen-bond acceptors (Lipinski definition) is 4. The standard InChI is InChI=1S/C12H18N4O/c1-8(13)9-5-6-16(7-9)11-4-2-3-10(15-11)12(14)17/h2-4,8-9H,5-7,13H2,1H3,(H2,14,17). The lowest BCUT2D eigenvalue weighted by atomic mass is 10.0. The Balaban J connectivity index is 2.13. The van der Waals surface area contributed by atoms with E-state index in [2.05, 4.69) is 9.88 Å². The molecule has 0 bridgehead atoms. The van der Waals surface area contributed by atoms with Crippen molar-refractivity contribution < 1.29 is 4.79 Å². The highest BCUT2D eigenvalue weighted by Crippen LogP contribution is 2.23. The lowest BCUT2D eigenvalue weighted by Crippen LogP contribution is -2.30. The zero-order valence-corrected chi connectivity index (χ0v) is 9.97. The van der Waals surface area contributed by atoms with Crippen LogP contribution in [0.5, 0.6) is 0 Å². The van der Waals surface area contributed by atoms with Crippen molar-refractivity contribution in [1.29, 1.82) is 0 Å². The second-order valence-corrected chi connectivity index (χ2v) is 4.60. The number of rotatable bonds is 3. The summed E-state index contributed by atoms with van der Waals surface area (Å²) in [5, 5.41) is 0. The molecule has 4 N–H and O–H groups in total. The van der Waals surface area contributed by atoms with E-state index >= 15 is 0 Å². The number of amides is 1. The van der Waals surface area contributed by atoms with Gasteiger partial charge in [-0.3, -0.25) is 4.79 Å². The number of anilines is 1. The summed E-state index contributed by atoms with van der Waals surface area (Å²) in [6, 6.07) is 5.53. The number of nitrogens with two attached hydrogens (primary N) is 2. The normalized spacial score (nSPS) is 21.5. The van der Waals surface area contributed by atoms with Gasteiger partial charge in [-0.2, -0.15) is 0 Å². The van der Waals surface area contributed by atoms with Gasteiger partial charge in [-0.1, -0.05) is 6.07 Å². The van der Waals surface area contributed by atoms with Gasteiger partial charge in [0.25, 0.3) is 5.91 Å². The maximum atomic E-state index is 11.1. The summed E-state index contributed by atoms with van der Waals surface area (Å²) in [7, 11) is 0. The van der Waals surface area contributed by atoms with Crippen molar-refractivity contribution in [3.63, 3.8) is 0 Å². The van der Waals surface area contributed by atoms with Crippen LogP contribution in [0.25, 0.3) is 0 Å². The first kappa shape index (κ1) is 11.9. The molecule has 1 aliphatic heterocycles. The number of carbonyl (C=O) groups excluding carboxylic acids is 1. The maximum absolute atomic E-state index is 11.1. The van der Waals surface area contributed by atoms with Crippen LogP contribution < -0.4 is 16.4 Å². The smallest absolute Gasteiger partial charge is 0.267 e. The summed E-state index contributed by atoms with van der Waals surface area (Å²) in [6.45, 7) is 3.86. The largest absolute Gasteiger partial charge is 0.364 e. The average Bonchev–Trinajstić information content (AvgIpc) is 2.78. The predicted molar refractivity (Wildman–Crippen MR) is 66.7 cm³/mol. The molecule has 1 fully saturated rings. The highest BCUT2D eigenvalue weighted by atomic mass is 16.1. The topological polar surface area (TPSA) is 85.2 Å². The Labute approximate surface area is 101 Å². The molecule has 1 aliphatic rings. The van der Waals surface area contributed by atoms with Gasteiger partial charge in [0, 0.05) is 19.1 Å². The van der Waals surface area contributed by atoms with Crippen LogP contribution in [-0.4, -0.2) is 30.0 Å². The summed E-state index contributed by atoms with van der Waals surface area (Å²) >= 11 is 0. The molecular weight excluding hydrogens is 216 g/mol. The molecule has 92 valence electrons. The van der Waals surface area contributed by atoms with Crippen molar-refractivity contribution in [2.24, 2.45) is 17.4 Å². The van der Waals surface area contributed by atoms with Crippen molar-refractivity contribution in [3.8, 4) is 0 Å². The number of aromatic nitrogens is 1. The van der Waals surface area contributed by atoms with Crippen molar-refractivity contribution in [2.75, 3.05) is 18.0 Å². The fourth-order valence-corrected chi connectivity index (χ4v) is 2.16. The van der Waals surface area contributed by atoms with Gasteiger partial charge in [-0.25, -0.2) is 4.98 Å². The molecule has 5 heteroatoms. The van der Waals surface area contributed by atoms with Crippen LogP contribution in [0.4, 0.5) is 5.82 Å². The summed E-state index contributed by atoms with van der Waals surface area (Å²) in [4.78, 5) is 17.5. The molecular formula is C12H18N4O. The molecule has 2 atom stereocenters. The van der Waals surface area contributed by atoms with Gasteiger partial charge in [0.05, 0.1) is 0 Å². The van der Waals surface area contributed by atoms with Gasteiger partial charge < -0.3 is 16.4 Å². The van der Waals surface area contributed by atoms with Gasteiger partial charge in [0.2, 0.25) is 0 Å². The van der Waals surface area contributed by atoms with Crippen LogP contribution in [0, 0.1) is 5.92 Å². The van der Waals surface area contributed by atoms with Crippen molar-refractivity contribution in [2.45, 2.75) is 19.4 Å². The molecule has 0 radical (unpaired) electrons. The molecule has 1 saturated heterocycles. The van der Waals surface area contributed by atoms with Crippen LogP contribution in [0.3, 0.4) is 0 Å². The third-order valence-corrected chi connectivity index (χ3v) is 3.28. The van der Waals surface area contributed by atoms with E-state index in [1.54, 1.807) is 6.07 Å². The lowest BCUT2D eigenvalue weighted by molar-refractivity contribution is 0.0995. The van der Waals surface area contributed by atoms with Crippen molar-refractivity contribution >= 4 is 11.7 Å². The molecule has 1 amide bonds. The molecule has 17 heavy (non-hydrogen) atoms. The van der Waals surface area contributed by atoms with E-state index in [0.29, 0.717) is 11.6 Å². The zero-order valence-electron chi connectivity index (χ0n) is 9.97. The quantitative estimate of drug-likeness (QED) is 0.790. The molecule has 0 saturated carbocycles. The Hall–Kier alpha value is -1.62. The van der Waals surface area contributed by atoms with Crippen LogP contribution in [0.2, 0.25) is 0 Å². The van der Waals surface area contributed by atoms with Gasteiger partial charge in [-0.05, 0) is 31.4 Å². The van der Waals surface area contributed by atoms with E-state index in [1.807, 2.05) is 19.1 Å². The van der Waals surface area contributed by atoms with E-state index in [1.165, 1.54) is 0 Å². The fraction of sp³-hybridized carbons (Fsp3) is 0.500. The Morgan fingerprint density at radius 1 is 1.59 bits per heavy atom. The number of nitrogens with zero attached hydrogens (tertiary/aromatic N) is 2. The van der Waals surface area contributed by atoms with E-state index in [0.717, 1.165) is 25.3 Å². The molecule has 5 nitrogen and oxygen atoms in total. The molecule has 0 aliphatic carbocycles. The second kappa shape index (κ2) is 4.71. The lowest BCUT2D eigenvalue weighted by Gasteiger charge is -2.19. The Bertz CT molecular complexity index is 419. The highest BCUT2D eigenvalue weighted by molar-refractivity contribution is 5.91. The summed E-state index contributed by atoms with van der Waals surface area (Å²) in [6.07, 6.45) is 1.07. The predicted octanol–water partition coefficient (Wildman–Crippen LogP) is 0.354. The Morgan fingerprint density at radius 3 is 2.94 bits per heavy atom. The van der Waals surface area contributed by atoms with E-state index in [-0.39, 0.29) is 6.04 Å². The first-order valence-electron chi connectivity index (χ1n) is 5.85. The Morgan fingerprint density at radius 2 is 2.35 bits per heavy atom. The van der Waals surface area contributed by atoms with Crippen LogP contribution in [0.15, 0.2) is 18.2 Å². The first-order valence-corrected chi connectivity index (χ1v) is 5.85. The van der Waals surface area contributed by atoms with Gasteiger partial charge in [0.1, 0.15) is 11.5 Å². The van der Waals surface area contributed by atoms with Gasteiger partial charge >= 0.3 is 0 Å². The molecule has 1 aromatic heterocycles. The monoisotopic (exact) mass is 234 g/mol. The SMILES string of the molecule is CC(N)C1CCN(c2cccc(C(N)=O)n2)C1. The molecule has 0 aromatic carbocycles.